The zero-order valence-electron chi connectivity index (χ0n) is 16.4. The van der Waals surface area contributed by atoms with Crippen molar-refractivity contribution in [1.29, 1.82) is 0 Å². The van der Waals surface area contributed by atoms with Crippen molar-refractivity contribution >= 4 is 6.09 Å². The average molecular weight is 343 g/mol. The molecule has 1 rings (SSSR count). The Labute approximate surface area is 148 Å². The second-order valence-electron chi connectivity index (χ2n) is 8.17. The van der Waals surface area contributed by atoms with Gasteiger partial charge in [0.15, 0.2) is 0 Å². The Hall–Kier alpha value is -0.810. The normalized spacial score (nSPS) is 18.0. The first-order valence-electron chi connectivity index (χ1n) is 9.62. The van der Waals surface area contributed by atoms with Gasteiger partial charge < -0.3 is 19.6 Å². The van der Waals surface area contributed by atoms with Crippen LogP contribution in [-0.2, 0) is 4.74 Å². The molecule has 1 saturated heterocycles. The Bertz CT molecular complexity index is 363. The minimum Gasteiger partial charge on any atom is -0.444 e. The highest BCUT2D eigenvalue weighted by Gasteiger charge is 2.36. The number of piperidine rings is 1. The quantitative estimate of drug-likeness (QED) is 0.731. The van der Waals surface area contributed by atoms with Gasteiger partial charge in [0, 0.05) is 19.6 Å². The van der Waals surface area contributed by atoms with Crippen LogP contribution >= 0.6 is 0 Å². The van der Waals surface area contributed by atoms with Crippen LogP contribution in [-0.4, -0.2) is 64.9 Å². The number of amides is 1. The van der Waals surface area contributed by atoms with Crippen molar-refractivity contribution in [2.24, 2.45) is 0 Å². The number of hydrogen-bond acceptors (Lipinski definition) is 4. The Morgan fingerprint density at radius 1 is 1.12 bits per heavy atom. The van der Waals surface area contributed by atoms with Gasteiger partial charge in [-0.3, -0.25) is 0 Å². The van der Waals surface area contributed by atoms with E-state index in [4.69, 9.17) is 4.74 Å². The fourth-order valence-corrected chi connectivity index (χ4v) is 3.04. The third kappa shape index (κ3) is 7.84. The minimum absolute atomic E-state index is 0.265. The van der Waals surface area contributed by atoms with E-state index in [1.165, 1.54) is 25.7 Å². The van der Waals surface area contributed by atoms with Crippen molar-refractivity contribution in [3.63, 3.8) is 0 Å². The third-order valence-electron chi connectivity index (χ3n) is 4.52. The van der Waals surface area contributed by atoms with E-state index in [9.17, 15) is 9.90 Å². The Morgan fingerprint density at radius 2 is 1.62 bits per heavy atom. The molecule has 0 unspecified atom stereocenters. The van der Waals surface area contributed by atoms with Crippen LogP contribution in [0.2, 0.25) is 0 Å². The average Bonchev–Trinajstić information content (AvgIpc) is 2.48. The van der Waals surface area contributed by atoms with Crippen molar-refractivity contribution in [3.8, 4) is 0 Å². The summed E-state index contributed by atoms with van der Waals surface area (Å²) >= 11 is 0. The summed E-state index contributed by atoms with van der Waals surface area (Å²) in [6.45, 7) is 14.0. The van der Waals surface area contributed by atoms with Crippen LogP contribution in [0.25, 0.3) is 0 Å². The molecule has 0 bridgehead atoms. The van der Waals surface area contributed by atoms with Gasteiger partial charge in [-0.15, -0.1) is 0 Å². The fraction of sp³-hybridized carbons (Fsp3) is 0.947. The van der Waals surface area contributed by atoms with E-state index in [0.717, 1.165) is 19.6 Å². The van der Waals surface area contributed by atoms with Gasteiger partial charge in [-0.1, -0.05) is 26.7 Å². The first-order valence-corrected chi connectivity index (χ1v) is 9.62. The molecule has 0 aliphatic carbocycles. The summed E-state index contributed by atoms with van der Waals surface area (Å²) in [5.74, 6) is 0. The van der Waals surface area contributed by atoms with Crippen LogP contribution in [0.3, 0.4) is 0 Å². The van der Waals surface area contributed by atoms with Gasteiger partial charge in [-0.2, -0.15) is 0 Å². The molecule has 1 heterocycles. The smallest absolute Gasteiger partial charge is 0.410 e. The maximum absolute atomic E-state index is 12.1. The van der Waals surface area contributed by atoms with E-state index in [0.29, 0.717) is 25.9 Å². The number of rotatable bonds is 8. The molecule has 0 aromatic carbocycles. The van der Waals surface area contributed by atoms with Crippen LogP contribution in [0.4, 0.5) is 4.79 Å². The monoisotopic (exact) mass is 342 g/mol. The number of unbranched alkanes of at least 4 members (excludes halogenated alkanes) is 2. The summed E-state index contributed by atoms with van der Waals surface area (Å²) in [5, 5.41) is 11.0. The molecule has 1 fully saturated rings. The standard InChI is InChI=1S/C19H38N2O3/c1-6-8-12-20(13-9-7-2)16-19(23)10-14-21(15-11-19)17(22)24-18(3,4)5/h23H,6-16H2,1-5H3. The molecular weight excluding hydrogens is 304 g/mol. The van der Waals surface area contributed by atoms with Gasteiger partial charge in [-0.05, 0) is 59.5 Å². The highest BCUT2D eigenvalue weighted by atomic mass is 16.6. The van der Waals surface area contributed by atoms with Crippen LogP contribution in [0, 0.1) is 0 Å². The van der Waals surface area contributed by atoms with E-state index < -0.39 is 11.2 Å². The van der Waals surface area contributed by atoms with Gasteiger partial charge in [0.2, 0.25) is 0 Å². The summed E-state index contributed by atoms with van der Waals surface area (Å²) < 4.78 is 5.43. The number of hydrogen-bond donors (Lipinski definition) is 1. The van der Waals surface area contributed by atoms with Crippen molar-refractivity contribution < 1.29 is 14.6 Å². The molecule has 0 spiro atoms. The van der Waals surface area contributed by atoms with E-state index in [-0.39, 0.29) is 6.09 Å². The van der Waals surface area contributed by atoms with Gasteiger partial charge >= 0.3 is 6.09 Å². The minimum atomic E-state index is -0.681. The fourth-order valence-electron chi connectivity index (χ4n) is 3.04. The predicted molar refractivity (Wildman–Crippen MR) is 98.2 cm³/mol. The number of ether oxygens (including phenoxy) is 1. The lowest BCUT2D eigenvalue weighted by molar-refractivity contribution is -0.0504. The molecule has 142 valence electrons. The second kappa shape index (κ2) is 9.62. The molecule has 1 amide bonds. The predicted octanol–water partition coefficient (Wildman–Crippen LogP) is 3.65. The number of nitrogens with zero attached hydrogens (tertiary/aromatic N) is 2. The highest BCUT2D eigenvalue weighted by molar-refractivity contribution is 5.68. The van der Waals surface area contributed by atoms with Crippen LogP contribution < -0.4 is 0 Å². The van der Waals surface area contributed by atoms with Gasteiger partial charge in [0.1, 0.15) is 5.60 Å². The summed E-state index contributed by atoms with van der Waals surface area (Å²) in [6, 6.07) is 0. The number of aliphatic hydroxyl groups is 1. The Morgan fingerprint density at radius 3 is 2.04 bits per heavy atom. The molecule has 0 aromatic rings. The lowest BCUT2D eigenvalue weighted by atomic mass is 9.90. The first kappa shape index (κ1) is 21.2. The lowest BCUT2D eigenvalue weighted by Gasteiger charge is -2.41. The molecule has 0 saturated carbocycles. The molecule has 0 aromatic heterocycles. The molecule has 0 atom stereocenters. The number of carbonyl (C=O) groups is 1. The van der Waals surface area contributed by atoms with Gasteiger partial charge in [-0.25, -0.2) is 4.79 Å². The number of carbonyl (C=O) groups excluding carboxylic acids is 1. The topological polar surface area (TPSA) is 53.0 Å². The van der Waals surface area contributed by atoms with Gasteiger partial charge in [0.25, 0.3) is 0 Å². The largest absolute Gasteiger partial charge is 0.444 e. The Kier molecular flexibility index (Phi) is 8.51. The van der Waals surface area contributed by atoms with E-state index >= 15 is 0 Å². The molecule has 24 heavy (non-hydrogen) atoms. The molecule has 5 nitrogen and oxygen atoms in total. The van der Waals surface area contributed by atoms with Crippen molar-refractivity contribution in [3.05, 3.63) is 0 Å². The van der Waals surface area contributed by atoms with Crippen molar-refractivity contribution in [1.82, 2.24) is 9.80 Å². The maximum atomic E-state index is 12.1. The van der Waals surface area contributed by atoms with Gasteiger partial charge in [0.05, 0.1) is 5.60 Å². The SMILES string of the molecule is CCCCN(CCCC)CC1(O)CCN(C(=O)OC(C)(C)C)CC1. The molecule has 1 N–H and O–H groups in total. The molecule has 5 heteroatoms. The van der Waals surface area contributed by atoms with E-state index in [1.54, 1.807) is 4.90 Å². The zero-order valence-corrected chi connectivity index (χ0v) is 16.4. The molecule has 1 aliphatic rings. The number of likely N-dealkylation sites (tertiary alicyclic amines) is 1. The van der Waals surface area contributed by atoms with E-state index in [2.05, 4.69) is 18.7 Å². The summed E-state index contributed by atoms with van der Waals surface area (Å²) in [7, 11) is 0. The molecule has 0 radical (unpaired) electrons. The van der Waals surface area contributed by atoms with Crippen LogP contribution in [0.5, 0.6) is 0 Å². The molecular formula is C19H38N2O3. The third-order valence-corrected chi connectivity index (χ3v) is 4.52. The molecule has 1 aliphatic heterocycles. The van der Waals surface area contributed by atoms with Crippen molar-refractivity contribution in [2.75, 3.05) is 32.7 Å². The summed E-state index contributed by atoms with van der Waals surface area (Å²) in [4.78, 5) is 16.3. The summed E-state index contributed by atoms with van der Waals surface area (Å²) in [6.07, 6.45) is 5.68. The van der Waals surface area contributed by atoms with Crippen molar-refractivity contribution in [2.45, 2.75) is 84.3 Å². The second-order valence-corrected chi connectivity index (χ2v) is 8.17. The van der Waals surface area contributed by atoms with Crippen LogP contribution in [0.1, 0.15) is 73.1 Å². The Balaban J connectivity index is 2.51. The zero-order chi connectivity index (χ0) is 18.2. The summed E-state index contributed by atoms with van der Waals surface area (Å²) in [5.41, 5.74) is -1.15. The maximum Gasteiger partial charge on any atom is 0.410 e. The van der Waals surface area contributed by atoms with Crippen LogP contribution in [0.15, 0.2) is 0 Å². The van der Waals surface area contributed by atoms with E-state index in [1.807, 2.05) is 20.8 Å². The lowest BCUT2D eigenvalue weighted by Crippen LogP contribution is -2.53. The highest BCUT2D eigenvalue weighted by Crippen LogP contribution is 2.25. The first-order chi connectivity index (χ1) is 11.2.